The summed E-state index contributed by atoms with van der Waals surface area (Å²) >= 11 is 9.18. The fourth-order valence-electron chi connectivity index (χ4n) is 0.838. The molecule has 0 amide bonds. The van der Waals surface area contributed by atoms with Crippen LogP contribution in [0.3, 0.4) is 0 Å². The number of anilines is 1. The Morgan fingerprint density at radius 2 is 1.85 bits per heavy atom. The topological polar surface area (TPSA) is 26.0 Å². The van der Waals surface area contributed by atoms with Crippen molar-refractivity contribution in [3.8, 4) is 0 Å². The van der Waals surface area contributed by atoms with Crippen LogP contribution in [-0.4, -0.2) is 0 Å². The van der Waals surface area contributed by atoms with Crippen molar-refractivity contribution in [3.63, 3.8) is 0 Å². The minimum Gasteiger partial charge on any atom is -0.397 e. The predicted octanol–water partition coefficient (Wildman–Crippen LogP) is 3.23. The third kappa shape index (κ3) is 2.22. The number of nitrogens with two attached hydrogens (primary N) is 1. The summed E-state index contributed by atoms with van der Waals surface area (Å²) in [4.78, 5) is 0.0276. The van der Waals surface area contributed by atoms with E-state index in [4.69, 9.17) is 17.3 Å². The Hall–Kier alpha value is -0.550. The van der Waals surface area contributed by atoms with E-state index in [0.29, 0.717) is 0 Å². The fraction of sp³-hybridized carbons (Fsp3) is 0.143. The molecule has 0 radical (unpaired) electrons. The molecule has 2 N–H and O–H groups in total. The van der Waals surface area contributed by atoms with Gasteiger partial charge in [-0.1, -0.05) is 11.6 Å². The highest BCUT2D eigenvalue weighted by molar-refractivity contribution is 7.80. The molecule has 0 bridgehead atoms. The molecule has 0 aromatic heterocycles. The first-order valence-electron chi connectivity index (χ1n) is 3.17. The SMILES string of the molecule is Nc1c(S)cc(Cl)cc1C(F)(F)F. The lowest BCUT2D eigenvalue weighted by Gasteiger charge is -2.11. The summed E-state index contributed by atoms with van der Waals surface area (Å²) in [6.07, 6.45) is -4.49. The molecule has 72 valence electrons. The smallest absolute Gasteiger partial charge is 0.397 e. The molecule has 0 saturated carbocycles. The minimum absolute atomic E-state index is 0.0276. The van der Waals surface area contributed by atoms with E-state index in [9.17, 15) is 13.2 Å². The van der Waals surface area contributed by atoms with Gasteiger partial charge in [0.1, 0.15) is 0 Å². The molecule has 0 heterocycles. The minimum atomic E-state index is -4.49. The summed E-state index contributed by atoms with van der Waals surface area (Å²) in [5.74, 6) is 0. The Labute approximate surface area is 83.1 Å². The van der Waals surface area contributed by atoms with Crippen LogP contribution in [0.5, 0.6) is 0 Å². The van der Waals surface area contributed by atoms with E-state index >= 15 is 0 Å². The second-order valence-corrected chi connectivity index (χ2v) is 3.30. The maximum atomic E-state index is 12.2. The van der Waals surface area contributed by atoms with E-state index in [-0.39, 0.29) is 9.92 Å². The van der Waals surface area contributed by atoms with Crippen molar-refractivity contribution >= 4 is 29.9 Å². The monoisotopic (exact) mass is 227 g/mol. The van der Waals surface area contributed by atoms with Gasteiger partial charge in [0.05, 0.1) is 11.3 Å². The van der Waals surface area contributed by atoms with Crippen molar-refractivity contribution in [2.24, 2.45) is 0 Å². The third-order valence-electron chi connectivity index (χ3n) is 1.43. The van der Waals surface area contributed by atoms with Gasteiger partial charge in [-0.05, 0) is 12.1 Å². The van der Waals surface area contributed by atoms with Crippen molar-refractivity contribution in [2.45, 2.75) is 11.1 Å². The molecular formula is C7H5ClF3NS. The molecular weight excluding hydrogens is 223 g/mol. The Morgan fingerprint density at radius 1 is 1.31 bits per heavy atom. The van der Waals surface area contributed by atoms with Crippen LogP contribution < -0.4 is 5.73 Å². The second kappa shape index (κ2) is 3.31. The largest absolute Gasteiger partial charge is 0.418 e. The highest BCUT2D eigenvalue weighted by Gasteiger charge is 2.33. The zero-order valence-corrected chi connectivity index (χ0v) is 7.84. The van der Waals surface area contributed by atoms with Gasteiger partial charge < -0.3 is 5.73 Å². The summed E-state index contributed by atoms with van der Waals surface area (Å²) in [7, 11) is 0. The summed E-state index contributed by atoms with van der Waals surface area (Å²) < 4.78 is 36.7. The van der Waals surface area contributed by atoms with Gasteiger partial charge >= 0.3 is 6.18 Å². The van der Waals surface area contributed by atoms with Gasteiger partial charge in [0.2, 0.25) is 0 Å². The van der Waals surface area contributed by atoms with Crippen LogP contribution in [0.4, 0.5) is 18.9 Å². The van der Waals surface area contributed by atoms with E-state index < -0.39 is 17.4 Å². The molecule has 0 aliphatic carbocycles. The maximum absolute atomic E-state index is 12.2. The Kier molecular flexibility index (Phi) is 2.68. The maximum Gasteiger partial charge on any atom is 0.418 e. The van der Waals surface area contributed by atoms with Crippen LogP contribution in [0.1, 0.15) is 5.56 Å². The van der Waals surface area contributed by atoms with Gasteiger partial charge in [0.25, 0.3) is 0 Å². The molecule has 1 aromatic rings. The van der Waals surface area contributed by atoms with Crippen LogP contribution in [0, 0.1) is 0 Å². The van der Waals surface area contributed by atoms with Crippen LogP contribution in [0.15, 0.2) is 17.0 Å². The molecule has 1 nitrogen and oxygen atoms in total. The molecule has 0 fully saturated rings. The predicted molar refractivity (Wildman–Crippen MR) is 48.1 cm³/mol. The standard InChI is InChI=1S/C7H5ClF3NS/c8-3-1-4(7(9,10)11)6(12)5(13)2-3/h1-2,13H,12H2. The number of hydrogen-bond donors (Lipinski definition) is 2. The first-order valence-corrected chi connectivity index (χ1v) is 4.00. The number of hydrogen-bond acceptors (Lipinski definition) is 2. The van der Waals surface area contributed by atoms with E-state index in [1.54, 1.807) is 0 Å². The normalized spacial score (nSPS) is 11.8. The van der Waals surface area contributed by atoms with E-state index in [1.165, 1.54) is 6.07 Å². The van der Waals surface area contributed by atoms with Crippen molar-refractivity contribution in [2.75, 3.05) is 5.73 Å². The molecule has 0 atom stereocenters. The lowest BCUT2D eigenvalue weighted by molar-refractivity contribution is -0.137. The molecule has 0 aliphatic rings. The zero-order valence-electron chi connectivity index (χ0n) is 6.19. The zero-order chi connectivity index (χ0) is 10.2. The molecule has 1 rings (SSSR count). The first kappa shape index (κ1) is 10.5. The summed E-state index contributed by atoms with van der Waals surface area (Å²) in [5.41, 5.74) is 3.83. The van der Waals surface area contributed by atoms with Crippen molar-refractivity contribution in [3.05, 3.63) is 22.7 Å². The molecule has 0 spiro atoms. The molecule has 0 aliphatic heterocycles. The quantitative estimate of drug-likeness (QED) is 0.517. The highest BCUT2D eigenvalue weighted by atomic mass is 35.5. The average molecular weight is 228 g/mol. The Bertz CT molecular complexity index is 337. The highest BCUT2D eigenvalue weighted by Crippen LogP contribution is 2.38. The number of benzene rings is 1. The number of thiol groups is 1. The van der Waals surface area contributed by atoms with Gasteiger partial charge in [0.15, 0.2) is 0 Å². The molecule has 0 saturated heterocycles. The second-order valence-electron chi connectivity index (χ2n) is 2.38. The van der Waals surface area contributed by atoms with E-state index in [0.717, 1.165) is 6.07 Å². The fourth-order valence-corrected chi connectivity index (χ4v) is 1.39. The molecule has 1 aromatic carbocycles. The molecule has 6 heteroatoms. The van der Waals surface area contributed by atoms with Crippen LogP contribution in [-0.2, 0) is 6.18 Å². The van der Waals surface area contributed by atoms with E-state index in [2.05, 4.69) is 12.6 Å². The third-order valence-corrected chi connectivity index (χ3v) is 2.02. The number of nitrogen functional groups attached to an aromatic ring is 1. The Morgan fingerprint density at radius 3 is 2.31 bits per heavy atom. The summed E-state index contributed by atoms with van der Waals surface area (Å²) in [6.45, 7) is 0. The molecule has 0 unspecified atom stereocenters. The van der Waals surface area contributed by atoms with Gasteiger partial charge in [-0.25, -0.2) is 0 Å². The van der Waals surface area contributed by atoms with Gasteiger partial charge in [-0.3, -0.25) is 0 Å². The average Bonchev–Trinajstić information content (AvgIpc) is 1.94. The first-order chi connectivity index (χ1) is 5.82. The summed E-state index contributed by atoms with van der Waals surface area (Å²) in [6, 6.07) is 2.03. The lowest BCUT2D eigenvalue weighted by atomic mass is 10.2. The van der Waals surface area contributed by atoms with E-state index in [1.807, 2.05) is 0 Å². The van der Waals surface area contributed by atoms with Gasteiger partial charge in [-0.2, -0.15) is 13.2 Å². The number of halogens is 4. The number of alkyl halides is 3. The van der Waals surface area contributed by atoms with Crippen LogP contribution in [0.25, 0.3) is 0 Å². The molecule has 13 heavy (non-hydrogen) atoms. The lowest BCUT2D eigenvalue weighted by Crippen LogP contribution is -2.09. The van der Waals surface area contributed by atoms with Crippen LogP contribution >= 0.6 is 24.2 Å². The van der Waals surface area contributed by atoms with Crippen molar-refractivity contribution in [1.29, 1.82) is 0 Å². The Balaban J connectivity index is 3.37. The summed E-state index contributed by atoms with van der Waals surface area (Å²) in [5, 5.41) is -0.0356. The van der Waals surface area contributed by atoms with Crippen molar-refractivity contribution in [1.82, 2.24) is 0 Å². The van der Waals surface area contributed by atoms with Gasteiger partial charge in [0, 0.05) is 9.92 Å². The number of rotatable bonds is 0. The van der Waals surface area contributed by atoms with Crippen molar-refractivity contribution < 1.29 is 13.2 Å². The van der Waals surface area contributed by atoms with Crippen LogP contribution in [0.2, 0.25) is 5.02 Å². The van der Waals surface area contributed by atoms with Gasteiger partial charge in [-0.15, -0.1) is 12.6 Å².